The van der Waals surface area contributed by atoms with Crippen LogP contribution in [-0.4, -0.2) is 45.7 Å². The van der Waals surface area contributed by atoms with Crippen LogP contribution in [0.2, 0.25) is 0 Å². The van der Waals surface area contributed by atoms with E-state index in [2.05, 4.69) is 6.58 Å². The number of hydrogen-bond acceptors (Lipinski definition) is 5. The standard InChI is InChI=1S/C15H20O5/c1-6-10-8(16)5-14(2,18)7-4-9-15(3,20-9)11(7)12(10)19-13(6)17/h7-12,16,18H,1,4-5H2,2-3H3/t7-,8+,9-,10-,11+,12+,14-,15-/m1/s1. The number of carbonyl (C=O) groups excluding carboxylic acids is 1. The summed E-state index contributed by atoms with van der Waals surface area (Å²) in [4.78, 5) is 11.8. The van der Waals surface area contributed by atoms with Crippen LogP contribution in [0.1, 0.15) is 26.7 Å². The summed E-state index contributed by atoms with van der Waals surface area (Å²) in [5.74, 6) is -0.946. The Hall–Kier alpha value is -0.910. The van der Waals surface area contributed by atoms with E-state index in [1.54, 1.807) is 6.92 Å². The molecule has 2 N–H and O–H groups in total. The number of ether oxygens (including phenoxy) is 2. The van der Waals surface area contributed by atoms with Gasteiger partial charge in [-0.2, -0.15) is 0 Å². The molecule has 0 aromatic carbocycles. The van der Waals surface area contributed by atoms with E-state index >= 15 is 0 Å². The number of hydrogen-bond donors (Lipinski definition) is 2. The van der Waals surface area contributed by atoms with Crippen molar-refractivity contribution in [2.45, 2.75) is 56.2 Å². The van der Waals surface area contributed by atoms with E-state index in [-0.39, 0.29) is 30.0 Å². The Morgan fingerprint density at radius 1 is 1.40 bits per heavy atom. The summed E-state index contributed by atoms with van der Waals surface area (Å²) >= 11 is 0. The van der Waals surface area contributed by atoms with Gasteiger partial charge in [-0.05, 0) is 26.2 Å². The molecule has 2 aliphatic carbocycles. The smallest absolute Gasteiger partial charge is 0.334 e. The van der Waals surface area contributed by atoms with Gasteiger partial charge in [0, 0.05) is 17.9 Å². The Balaban J connectivity index is 1.81. The zero-order valence-corrected chi connectivity index (χ0v) is 11.7. The fourth-order valence-corrected chi connectivity index (χ4v) is 4.88. The first kappa shape index (κ1) is 12.8. The fraction of sp³-hybridized carbons (Fsp3) is 0.800. The van der Waals surface area contributed by atoms with Crippen LogP contribution in [0.25, 0.3) is 0 Å². The maximum absolute atomic E-state index is 11.8. The van der Waals surface area contributed by atoms with Crippen molar-refractivity contribution >= 4 is 5.97 Å². The summed E-state index contributed by atoms with van der Waals surface area (Å²) < 4.78 is 11.3. The van der Waals surface area contributed by atoms with Gasteiger partial charge in [0.05, 0.1) is 29.3 Å². The molecule has 0 amide bonds. The van der Waals surface area contributed by atoms with Gasteiger partial charge < -0.3 is 19.7 Å². The van der Waals surface area contributed by atoms with Crippen molar-refractivity contribution in [1.29, 1.82) is 0 Å². The second kappa shape index (κ2) is 3.46. The summed E-state index contributed by atoms with van der Waals surface area (Å²) in [6.07, 6.45) is -0.101. The van der Waals surface area contributed by atoms with E-state index in [0.29, 0.717) is 5.57 Å². The zero-order valence-electron chi connectivity index (χ0n) is 11.7. The van der Waals surface area contributed by atoms with Gasteiger partial charge in [-0.25, -0.2) is 4.79 Å². The quantitative estimate of drug-likeness (QED) is 0.381. The Morgan fingerprint density at radius 3 is 2.80 bits per heavy atom. The van der Waals surface area contributed by atoms with Gasteiger partial charge in [-0.1, -0.05) is 6.58 Å². The van der Waals surface area contributed by atoms with Crippen LogP contribution in [0, 0.1) is 17.8 Å². The van der Waals surface area contributed by atoms with E-state index in [0.717, 1.165) is 6.42 Å². The van der Waals surface area contributed by atoms with Gasteiger partial charge in [0.1, 0.15) is 6.10 Å². The van der Waals surface area contributed by atoms with Gasteiger partial charge in [0.25, 0.3) is 0 Å². The largest absolute Gasteiger partial charge is 0.458 e. The minimum Gasteiger partial charge on any atom is -0.458 e. The Bertz CT molecular complexity index is 512. The van der Waals surface area contributed by atoms with Gasteiger partial charge in [0.15, 0.2) is 0 Å². The molecule has 8 atom stereocenters. The topological polar surface area (TPSA) is 79.3 Å². The molecule has 4 aliphatic rings. The van der Waals surface area contributed by atoms with E-state index in [1.807, 2.05) is 6.92 Å². The third-order valence-corrected chi connectivity index (χ3v) is 5.99. The van der Waals surface area contributed by atoms with E-state index < -0.39 is 29.7 Å². The molecule has 2 aliphatic heterocycles. The lowest BCUT2D eigenvalue weighted by Gasteiger charge is -2.36. The van der Waals surface area contributed by atoms with Crippen LogP contribution in [-0.2, 0) is 14.3 Å². The summed E-state index contributed by atoms with van der Waals surface area (Å²) in [6.45, 7) is 7.57. The van der Waals surface area contributed by atoms with E-state index in [9.17, 15) is 15.0 Å². The SMILES string of the molecule is C=C1C(=O)O[C@H]2[C@H]1[C@@H](O)C[C@@](C)(O)[C@@H]1C[C@H]3O[C@@]3(C)[C@H]21. The second-order valence-electron chi connectivity index (χ2n) is 7.21. The lowest BCUT2D eigenvalue weighted by Crippen LogP contribution is -2.44. The molecule has 0 aromatic heterocycles. The van der Waals surface area contributed by atoms with Crippen molar-refractivity contribution in [3.05, 3.63) is 12.2 Å². The maximum Gasteiger partial charge on any atom is 0.334 e. The highest BCUT2D eigenvalue weighted by Crippen LogP contribution is 2.64. The number of fused-ring (bicyclic) bond motifs is 5. The van der Waals surface area contributed by atoms with E-state index in [1.165, 1.54) is 0 Å². The summed E-state index contributed by atoms with van der Waals surface area (Å²) in [5.41, 5.74) is -0.986. The molecule has 2 saturated carbocycles. The van der Waals surface area contributed by atoms with Crippen molar-refractivity contribution in [2.75, 3.05) is 0 Å². The number of aliphatic hydroxyl groups excluding tert-OH is 1. The van der Waals surface area contributed by atoms with Crippen molar-refractivity contribution in [3.63, 3.8) is 0 Å². The Morgan fingerprint density at radius 2 is 2.10 bits per heavy atom. The molecular weight excluding hydrogens is 260 g/mol. The molecule has 0 aromatic rings. The molecule has 0 bridgehead atoms. The molecule has 20 heavy (non-hydrogen) atoms. The number of carbonyl (C=O) groups is 1. The van der Waals surface area contributed by atoms with Crippen LogP contribution < -0.4 is 0 Å². The number of esters is 1. The van der Waals surface area contributed by atoms with Crippen molar-refractivity contribution in [2.24, 2.45) is 17.8 Å². The van der Waals surface area contributed by atoms with Gasteiger partial charge in [-0.15, -0.1) is 0 Å². The highest BCUT2D eigenvalue weighted by Gasteiger charge is 2.73. The average molecular weight is 280 g/mol. The molecule has 4 fully saturated rings. The van der Waals surface area contributed by atoms with Gasteiger partial charge >= 0.3 is 5.97 Å². The first-order valence-corrected chi connectivity index (χ1v) is 7.24. The molecule has 0 unspecified atom stereocenters. The minimum atomic E-state index is -0.971. The highest BCUT2D eigenvalue weighted by molar-refractivity contribution is 5.91. The predicted molar refractivity (Wildman–Crippen MR) is 68.6 cm³/mol. The third kappa shape index (κ3) is 1.36. The molecule has 5 heteroatoms. The molecular formula is C15H20O5. The highest BCUT2D eigenvalue weighted by atomic mass is 16.6. The van der Waals surface area contributed by atoms with Crippen molar-refractivity contribution in [3.8, 4) is 0 Å². The van der Waals surface area contributed by atoms with Crippen LogP contribution in [0.3, 0.4) is 0 Å². The number of epoxide rings is 1. The molecule has 110 valence electrons. The first-order valence-electron chi connectivity index (χ1n) is 7.24. The molecule has 5 nitrogen and oxygen atoms in total. The monoisotopic (exact) mass is 280 g/mol. The van der Waals surface area contributed by atoms with Crippen molar-refractivity contribution in [1.82, 2.24) is 0 Å². The van der Waals surface area contributed by atoms with Crippen LogP contribution in [0.4, 0.5) is 0 Å². The van der Waals surface area contributed by atoms with Gasteiger partial charge in [-0.3, -0.25) is 0 Å². The fourth-order valence-electron chi connectivity index (χ4n) is 4.88. The molecule has 2 saturated heterocycles. The van der Waals surface area contributed by atoms with Gasteiger partial charge in [0.2, 0.25) is 0 Å². The van der Waals surface area contributed by atoms with Crippen LogP contribution in [0.15, 0.2) is 12.2 Å². The third-order valence-electron chi connectivity index (χ3n) is 5.99. The maximum atomic E-state index is 11.8. The minimum absolute atomic E-state index is 0.0189. The predicted octanol–water partition coefficient (Wildman–Crippen LogP) is 0.393. The summed E-state index contributed by atoms with van der Waals surface area (Å²) in [6, 6.07) is 0. The normalized spacial score (nSPS) is 60.4. The molecule has 0 radical (unpaired) electrons. The summed E-state index contributed by atoms with van der Waals surface area (Å²) in [7, 11) is 0. The molecule has 4 rings (SSSR count). The van der Waals surface area contributed by atoms with Crippen LogP contribution in [0.5, 0.6) is 0 Å². The zero-order chi connectivity index (χ0) is 14.4. The molecule has 0 spiro atoms. The lowest BCUT2D eigenvalue weighted by molar-refractivity contribution is -0.146. The summed E-state index contributed by atoms with van der Waals surface area (Å²) in [5, 5.41) is 21.2. The van der Waals surface area contributed by atoms with E-state index in [4.69, 9.17) is 9.47 Å². The van der Waals surface area contributed by atoms with Crippen LogP contribution >= 0.6 is 0 Å². The number of aliphatic hydroxyl groups is 2. The second-order valence-corrected chi connectivity index (χ2v) is 7.21. The first-order chi connectivity index (χ1) is 9.25. The number of rotatable bonds is 0. The molecule has 2 heterocycles. The Kier molecular flexibility index (Phi) is 2.21. The average Bonchev–Trinajstić information content (AvgIpc) is 2.77. The van der Waals surface area contributed by atoms with Crippen molar-refractivity contribution < 1.29 is 24.5 Å². The Labute approximate surface area is 117 Å². The lowest BCUT2D eigenvalue weighted by atomic mass is 9.75.